The molecule has 0 spiro atoms. The second kappa shape index (κ2) is 2.97. The van der Waals surface area contributed by atoms with E-state index < -0.39 is 0 Å². The summed E-state index contributed by atoms with van der Waals surface area (Å²) in [6, 6.07) is -0.229. The van der Waals surface area contributed by atoms with Crippen LogP contribution in [0, 0.1) is 11.8 Å². The Morgan fingerprint density at radius 3 is 1.56 bits per heavy atom. The van der Waals surface area contributed by atoms with E-state index in [2.05, 4.69) is 0 Å². The van der Waals surface area contributed by atoms with Crippen molar-refractivity contribution in [3.63, 3.8) is 0 Å². The summed E-state index contributed by atoms with van der Waals surface area (Å²) < 4.78 is 0. The molecule has 0 aromatic carbocycles. The predicted octanol–water partition coefficient (Wildman–Crippen LogP) is 0.0260. The number of hydrogen-bond acceptors (Lipinski definition) is 2. The fraction of sp³-hybridized carbons (Fsp3) is 0.500. The van der Waals surface area contributed by atoms with Crippen LogP contribution in [0.25, 0.3) is 0 Å². The van der Waals surface area contributed by atoms with E-state index in [9.17, 15) is 9.59 Å². The van der Waals surface area contributed by atoms with Crippen LogP contribution in [0.5, 0.6) is 0 Å². The molecule has 2 amide bonds. The summed E-state index contributed by atoms with van der Waals surface area (Å²) >= 11 is 0. The first-order valence-corrected chi connectivity index (χ1v) is 5.51. The van der Waals surface area contributed by atoms with Crippen molar-refractivity contribution in [3.05, 3.63) is 24.3 Å². The zero-order valence-electron chi connectivity index (χ0n) is 9.33. The smallest absolute Gasteiger partial charge is 0.232 e. The Hall–Kier alpha value is -1.58. The molecule has 1 saturated heterocycles. The molecule has 4 nitrogen and oxygen atoms in total. The summed E-state index contributed by atoms with van der Waals surface area (Å²) in [4.78, 5) is 27.6. The normalized spacial score (nSPS) is 40.6. The largest absolute Gasteiger partial charge is 0.338 e. The number of rotatable bonds is 0. The van der Waals surface area contributed by atoms with Gasteiger partial charge in [-0.3, -0.25) is 9.59 Å². The average molecular weight is 218 g/mol. The van der Waals surface area contributed by atoms with Gasteiger partial charge in [0.05, 0.1) is 23.9 Å². The van der Waals surface area contributed by atoms with Crippen molar-refractivity contribution >= 4 is 11.8 Å². The maximum Gasteiger partial charge on any atom is 0.232 e. The summed E-state index contributed by atoms with van der Waals surface area (Å²) in [5, 5.41) is 0. The van der Waals surface area contributed by atoms with Crippen LogP contribution in [0.3, 0.4) is 0 Å². The minimum absolute atomic E-state index is 0.115. The second-order valence-corrected chi connectivity index (χ2v) is 4.70. The Kier molecular flexibility index (Phi) is 1.79. The molecule has 16 heavy (non-hydrogen) atoms. The fourth-order valence-electron chi connectivity index (χ4n) is 2.90. The Labute approximate surface area is 94.2 Å². The van der Waals surface area contributed by atoms with Crippen LogP contribution in [-0.4, -0.2) is 47.8 Å². The lowest BCUT2D eigenvalue weighted by atomic mass is 9.79. The molecular weight excluding hydrogens is 204 g/mol. The molecule has 0 radical (unpaired) electrons. The van der Waals surface area contributed by atoms with Gasteiger partial charge in [-0.15, -0.1) is 0 Å². The van der Waals surface area contributed by atoms with Crippen molar-refractivity contribution in [2.45, 2.75) is 12.1 Å². The molecule has 1 fully saturated rings. The first-order chi connectivity index (χ1) is 7.61. The van der Waals surface area contributed by atoms with Gasteiger partial charge in [-0.05, 0) is 0 Å². The van der Waals surface area contributed by atoms with E-state index in [1.165, 1.54) is 0 Å². The summed E-state index contributed by atoms with van der Waals surface area (Å²) in [7, 11) is 3.57. The van der Waals surface area contributed by atoms with Crippen LogP contribution >= 0.6 is 0 Å². The quantitative estimate of drug-likeness (QED) is 0.538. The van der Waals surface area contributed by atoms with E-state index in [4.69, 9.17) is 0 Å². The van der Waals surface area contributed by atoms with Crippen molar-refractivity contribution in [2.75, 3.05) is 14.1 Å². The maximum absolute atomic E-state index is 12.1. The Morgan fingerprint density at radius 2 is 1.19 bits per heavy atom. The molecule has 4 bridgehead atoms. The fourth-order valence-corrected chi connectivity index (χ4v) is 2.90. The third-order valence-corrected chi connectivity index (χ3v) is 3.93. The minimum atomic E-state index is -0.215. The Balaban J connectivity index is 2.17. The summed E-state index contributed by atoms with van der Waals surface area (Å²) in [6.07, 6.45) is 7.91. The first kappa shape index (κ1) is 9.63. The molecule has 84 valence electrons. The lowest BCUT2D eigenvalue weighted by Gasteiger charge is -2.47. The van der Waals surface area contributed by atoms with Crippen LogP contribution < -0.4 is 0 Å². The molecule has 6 aliphatic rings. The van der Waals surface area contributed by atoms with Gasteiger partial charge >= 0.3 is 0 Å². The minimum Gasteiger partial charge on any atom is -0.338 e. The number of amides is 2. The molecule has 1 aliphatic carbocycles. The predicted molar refractivity (Wildman–Crippen MR) is 58.4 cm³/mol. The third kappa shape index (κ3) is 0.991. The van der Waals surface area contributed by atoms with E-state index in [-0.39, 0.29) is 35.7 Å². The van der Waals surface area contributed by atoms with Crippen molar-refractivity contribution < 1.29 is 9.59 Å². The molecule has 0 N–H and O–H groups in total. The monoisotopic (exact) mass is 218 g/mol. The highest BCUT2D eigenvalue weighted by Gasteiger charge is 2.47. The van der Waals surface area contributed by atoms with Crippen molar-refractivity contribution in [2.24, 2.45) is 11.8 Å². The molecule has 5 aliphatic heterocycles. The number of carbonyl (C=O) groups excluding carboxylic acids is 2. The summed E-state index contributed by atoms with van der Waals surface area (Å²) in [5.41, 5.74) is 0. The van der Waals surface area contributed by atoms with Gasteiger partial charge in [0.2, 0.25) is 11.8 Å². The molecule has 5 heterocycles. The van der Waals surface area contributed by atoms with Crippen molar-refractivity contribution in [1.82, 2.24) is 9.80 Å². The molecule has 4 atom stereocenters. The standard InChI is InChI=1S/C12H14N2O2/c1-13-9-5-3-8(11(13)15)10-6-4-7(9)12(16)14(10)2/h3-10H,1-2H3/t7-,8-,9-,10+/m0/s1. The zero-order chi connectivity index (χ0) is 11.4. The van der Waals surface area contributed by atoms with Crippen molar-refractivity contribution in [1.29, 1.82) is 0 Å². The van der Waals surface area contributed by atoms with Crippen LogP contribution in [-0.2, 0) is 9.59 Å². The van der Waals surface area contributed by atoms with Gasteiger partial charge in [0.15, 0.2) is 0 Å². The maximum atomic E-state index is 12.1. The molecule has 4 heteroatoms. The number of nitrogens with zero attached hydrogens (tertiary/aromatic N) is 2. The van der Waals surface area contributed by atoms with Crippen LogP contribution in [0.4, 0.5) is 0 Å². The highest BCUT2D eigenvalue weighted by Crippen LogP contribution is 2.34. The molecule has 0 unspecified atom stereocenters. The Bertz CT molecular complexity index is 387. The number of likely N-dealkylation sites (N-methyl/N-ethyl adjacent to an activating group) is 2. The van der Waals surface area contributed by atoms with Gasteiger partial charge in [-0.25, -0.2) is 0 Å². The van der Waals surface area contributed by atoms with Gasteiger partial charge < -0.3 is 9.80 Å². The number of hydrogen-bond donors (Lipinski definition) is 0. The van der Waals surface area contributed by atoms with E-state index >= 15 is 0 Å². The van der Waals surface area contributed by atoms with Gasteiger partial charge in [-0.1, -0.05) is 24.3 Å². The van der Waals surface area contributed by atoms with E-state index in [0.717, 1.165) is 0 Å². The van der Waals surface area contributed by atoms with Crippen LogP contribution in [0.15, 0.2) is 24.3 Å². The van der Waals surface area contributed by atoms with Gasteiger partial charge in [-0.2, -0.15) is 0 Å². The second-order valence-electron chi connectivity index (χ2n) is 4.70. The van der Waals surface area contributed by atoms with E-state index in [0.29, 0.717) is 0 Å². The zero-order valence-corrected chi connectivity index (χ0v) is 9.33. The van der Waals surface area contributed by atoms with Crippen molar-refractivity contribution in [3.8, 4) is 0 Å². The van der Waals surface area contributed by atoms with Gasteiger partial charge in [0.1, 0.15) is 0 Å². The number of carbonyl (C=O) groups is 2. The Morgan fingerprint density at radius 1 is 0.812 bits per heavy atom. The third-order valence-electron chi connectivity index (χ3n) is 3.93. The summed E-state index contributed by atoms with van der Waals surface area (Å²) in [5.74, 6) is -0.196. The average Bonchev–Trinajstić information content (AvgIpc) is 2.23. The van der Waals surface area contributed by atoms with Gasteiger partial charge in [0.25, 0.3) is 0 Å². The van der Waals surface area contributed by atoms with Crippen LogP contribution in [0.1, 0.15) is 0 Å². The molecule has 0 saturated carbocycles. The van der Waals surface area contributed by atoms with Crippen LogP contribution in [0.2, 0.25) is 0 Å². The van der Waals surface area contributed by atoms with E-state index in [1.807, 2.05) is 24.3 Å². The van der Waals surface area contributed by atoms with Gasteiger partial charge in [0, 0.05) is 14.1 Å². The highest BCUT2D eigenvalue weighted by atomic mass is 16.2. The molecule has 0 aromatic rings. The molecular formula is C12H14N2O2. The topological polar surface area (TPSA) is 40.6 Å². The molecule has 6 rings (SSSR count). The first-order valence-electron chi connectivity index (χ1n) is 5.51. The lowest BCUT2D eigenvalue weighted by molar-refractivity contribution is -0.148. The summed E-state index contributed by atoms with van der Waals surface area (Å²) in [6.45, 7) is 0. The van der Waals surface area contributed by atoms with E-state index in [1.54, 1.807) is 23.9 Å². The SMILES string of the molecule is CN1C(=O)[C@H]2C=C[C@@H]1[C@@H]1C=C[C@@H]2N(C)C1=O. The lowest BCUT2D eigenvalue weighted by Crippen LogP contribution is -2.60. The molecule has 0 aromatic heterocycles. The highest BCUT2D eigenvalue weighted by molar-refractivity contribution is 5.91.